The summed E-state index contributed by atoms with van der Waals surface area (Å²) in [5.74, 6) is -0.0168. The molecule has 2 heterocycles. The van der Waals surface area contributed by atoms with E-state index in [1.165, 1.54) is 51.1 Å². The highest BCUT2D eigenvalue weighted by atomic mass is 16.5. The first-order valence-corrected chi connectivity index (χ1v) is 18.9. The number of imide groups is 1. The zero-order chi connectivity index (χ0) is 37.7. The number of nitrogens with one attached hydrogen (secondary N) is 2. The third-order valence-electron chi connectivity index (χ3n) is 10.4. The first-order chi connectivity index (χ1) is 25.7. The van der Waals surface area contributed by atoms with E-state index in [0.717, 1.165) is 37.0 Å². The predicted molar refractivity (Wildman–Crippen MR) is 205 cm³/mol. The fourth-order valence-electron chi connectivity index (χ4n) is 7.10. The number of aldehydes is 1. The van der Waals surface area contributed by atoms with Crippen LogP contribution in [0, 0.1) is 5.92 Å². The van der Waals surface area contributed by atoms with Gasteiger partial charge < -0.3 is 31.0 Å². The van der Waals surface area contributed by atoms with Crippen molar-refractivity contribution in [3.05, 3.63) is 70.8 Å². The summed E-state index contributed by atoms with van der Waals surface area (Å²) >= 11 is 0. The Bertz CT molecular complexity index is 1810. The Hall–Kier alpha value is -5.26. The molecule has 5 rings (SSSR count). The number of aromatic nitrogens is 2. The third kappa shape index (κ3) is 9.79. The van der Waals surface area contributed by atoms with Crippen molar-refractivity contribution in [1.29, 1.82) is 0 Å². The number of aromatic hydroxyl groups is 1. The van der Waals surface area contributed by atoms with Crippen molar-refractivity contribution < 1.29 is 29.0 Å². The zero-order valence-corrected chi connectivity index (χ0v) is 30.9. The number of nitrogen functional groups attached to an aromatic ring is 1. The van der Waals surface area contributed by atoms with E-state index < -0.39 is 17.9 Å². The topological polar surface area (TPSA) is 177 Å². The number of phenolic OH excluding ortho intramolecular Hbond substituents is 1. The Labute approximate surface area is 311 Å². The van der Waals surface area contributed by atoms with E-state index in [1.54, 1.807) is 48.0 Å². The maximum atomic E-state index is 13.2. The third-order valence-corrected chi connectivity index (χ3v) is 10.4. The van der Waals surface area contributed by atoms with Gasteiger partial charge in [-0.2, -0.15) is 0 Å². The number of unbranched alkanes of at least 4 members (excludes halogenated alkanes) is 8. The lowest BCUT2D eigenvalue weighted by Crippen LogP contribution is -2.41. The Balaban J connectivity index is 0.917. The van der Waals surface area contributed by atoms with Gasteiger partial charge in [0, 0.05) is 43.2 Å². The van der Waals surface area contributed by atoms with Crippen LogP contribution in [0.25, 0.3) is 11.3 Å². The molecule has 2 aliphatic rings. The highest BCUT2D eigenvalue weighted by Crippen LogP contribution is 2.39. The lowest BCUT2D eigenvalue weighted by Gasteiger charge is -2.32. The summed E-state index contributed by atoms with van der Waals surface area (Å²) < 4.78 is 6.05. The SMILES string of the molecule is CNC(=O)CCC(C=O)N1C(=O)c2cccc(NCCCCCCCCCCCC3=C(C)C(COc4cc(-c5ccccc5O)nnc4N)C3)c2C1=O. The van der Waals surface area contributed by atoms with Crippen LogP contribution in [0.4, 0.5) is 11.5 Å². The zero-order valence-electron chi connectivity index (χ0n) is 30.9. The van der Waals surface area contributed by atoms with Crippen LogP contribution in [0.1, 0.15) is 111 Å². The predicted octanol–water partition coefficient (Wildman–Crippen LogP) is 6.85. The van der Waals surface area contributed by atoms with Gasteiger partial charge in [-0.15, -0.1) is 10.2 Å². The van der Waals surface area contributed by atoms with Crippen LogP contribution in [0.2, 0.25) is 0 Å². The smallest absolute Gasteiger partial charge is 0.264 e. The van der Waals surface area contributed by atoms with Crippen LogP contribution in [-0.4, -0.2) is 70.5 Å². The molecule has 2 atom stereocenters. The van der Waals surface area contributed by atoms with Gasteiger partial charge in [0.05, 0.1) is 23.8 Å². The number of carbonyl (C=O) groups excluding carboxylic acids is 4. The number of ether oxygens (including phenoxy) is 1. The first kappa shape index (κ1) is 39.0. The van der Waals surface area contributed by atoms with E-state index in [1.807, 2.05) is 6.07 Å². The molecule has 5 N–H and O–H groups in total. The first-order valence-electron chi connectivity index (χ1n) is 18.9. The quantitative estimate of drug-likeness (QED) is 0.0371. The van der Waals surface area contributed by atoms with Gasteiger partial charge in [-0.05, 0) is 63.3 Å². The number of benzene rings is 2. The van der Waals surface area contributed by atoms with Crippen LogP contribution in [-0.2, 0) is 9.59 Å². The Morgan fingerprint density at radius 1 is 0.981 bits per heavy atom. The standard InChI is InChI=1S/C41H52N6O6/c1-27-28(23-29(27)26-53-36-24-34(45-46-39(36)42)31-16-11-12-19-35(31)49)15-10-8-6-4-3-5-7-9-13-22-44-33-18-14-17-32-38(33)41(52)47(40(32)51)30(25-48)20-21-37(50)43-2/h11-12,14,16-19,24-25,29-30,44,49H,3-10,13,15,20-23,26H2,1-2H3,(H2,42,46)(H,43,50). The van der Waals surface area contributed by atoms with Crippen LogP contribution < -0.4 is 21.1 Å². The number of hydrogen-bond donors (Lipinski definition) is 4. The lowest BCUT2D eigenvalue weighted by atomic mass is 9.76. The van der Waals surface area contributed by atoms with Gasteiger partial charge in [-0.3, -0.25) is 19.3 Å². The molecule has 0 fully saturated rings. The van der Waals surface area contributed by atoms with Crippen molar-refractivity contribution in [2.24, 2.45) is 5.92 Å². The fraction of sp³-hybridized carbons (Fsp3) is 0.463. The number of hydrogen-bond acceptors (Lipinski definition) is 10. The maximum absolute atomic E-state index is 13.2. The fourth-order valence-corrected chi connectivity index (χ4v) is 7.10. The molecule has 3 amide bonds. The van der Waals surface area contributed by atoms with Gasteiger partial charge in [-0.25, -0.2) is 0 Å². The molecule has 1 aliphatic heterocycles. The molecule has 1 aromatic heterocycles. The summed E-state index contributed by atoms with van der Waals surface area (Å²) in [5, 5.41) is 24.1. The average Bonchev–Trinajstić information content (AvgIpc) is 3.42. The molecular formula is C41H52N6O6. The molecule has 0 radical (unpaired) electrons. The van der Waals surface area contributed by atoms with Crippen LogP contribution in [0.15, 0.2) is 59.7 Å². The number of amides is 3. The second-order valence-electron chi connectivity index (χ2n) is 14.0. The van der Waals surface area contributed by atoms with Gasteiger partial charge >= 0.3 is 0 Å². The number of nitrogens with zero attached hydrogens (tertiary/aromatic N) is 3. The number of fused-ring (bicyclic) bond motifs is 1. The van der Waals surface area contributed by atoms with Crippen LogP contribution >= 0.6 is 0 Å². The van der Waals surface area contributed by atoms with Gasteiger partial charge in [0.2, 0.25) is 5.91 Å². The van der Waals surface area contributed by atoms with Crippen molar-refractivity contribution in [1.82, 2.24) is 20.4 Å². The molecule has 0 saturated heterocycles. The number of para-hydroxylation sites is 1. The Morgan fingerprint density at radius 3 is 2.38 bits per heavy atom. The number of rotatable bonds is 22. The minimum Gasteiger partial charge on any atom is -0.507 e. The minimum atomic E-state index is -0.984. The number of allylic oxidation sites excluding steroid dienone is 1. The Morgan fingerprint density at radius 2 is 1.68 bits per heavy atom. The maximum Gasteiger partial charge on any atom is 0.264 e. The number of anilines is 2. The molecule has 12 heteroatoms. The van der Waals surface area contributed by atoms with Gasteiger partial charge in [0.1, 0.15) is 17.7 Å². The van der Waals surface area contributed by atoms with Crippen molar-refractivity contribution in [2.75, 3.05) is 31.2 Å². The molecule has 0 spiro atoms. The summed E-state index contributed by atoms with van der Waals surface area (Å²) in [6.45, 7) is 3.43. The van der Waals surface area contributed by atoms with Gasteiger partial charge in [0.25, 0.3) is 11.8 Å². The molecule has 3 aromatic rings. The van der Waals surface area contributed by atoms with Gasteiger partial charge in [0.15, 0.2) is 11.6 Å². The molecule has 1 aliphatic carbocycles. The van der Waals surface area contributed by atoms with Gasteiger partial charge in [-0.1, -0.05) is 74.3 Å². The summed E-state index contributed by atoms with van der Waals surface area (Å²) in [6, 6.07) is 12.9. The summed E-state index contributed by atoms with van der Waals surface area (Å²) in [7, 11) is 1.50. The summed E-state index contributed by atoms with van der Waals surface area (Å²) in [5.41, 5.74) is 11.3. The van der Waals surface area contributed by atoms with Crippen LogP contribution in [0.5, 0.6) is 11.5 Å². The normalized spacial score (nSPS) is 15.6. The van der Waals surface area contributed by atoms with Crippen molar-refractivity contribution >= 4 is 35.5 Å². The highest BCUT2D eigenvalue weighted by molar-refractivity contribution is 6.24. The largest absolute Gasteiger partial charge is 0.507 e. The minimum absolute atomic E-state index is 0.0464. The van der Waals surface area contributed by atoms with Crippen molar-refractivity contribution in [2.45, 2.75) is 96.4 Å². The second kappa shape index (κ2) is 19.0. The molecule has 0 bridgehead atoms. The van der Waals surface area contributed by atoms with E-state index >= 15 is 0 Å². The molecule has 12 nitrogen and oxygen atoms in total. The Kier molecular flexibility index (Phi) is 14.0. The molecule has 2 aromatic carbocycles. The number of nitrogens with two attached hydrogens (primary N) is 1. The van der Waals surface area contributed by atoms with E-state index in [0.29, 0.717) is 53.6 Å². The van der Waals surface area contributed by atoms with E-state index in [-0.39, 0.29) is 35.9 Å². The van der Waals surface area contributed by atoms with E-state index in [2.05, 4.69) is 27.8 Å². The van der Waals surface area contributed by atoms with E-state index in [9.17, 15) is 24.3 Å². The molecule has 0 saturated carbocycles. The average molecular weight is 725 g/mol. The van der Waals surface area contributed by atoms with Crippen LogP contribution in [0.3, 0.4) is 0 Å². The lowest BCUT2D eigenvalue weighted by molar-refractivity contribution is -0.121. The number of phenols is 1. The highest BCUT2D eigenvalue weighted by Gasteiger charge is 2.41. The summed E-state index contributed by atoms with van der Waals surface area (Å²) in [6.07, 6.45) is 13.4. The molecule has 2 unspecified atom stereocenters. The molecule has 53 heavy (non-hydrogen) atoms. The monoisotopic (exact) mass is 724 g/mol. The van der Waals surface area contributed by atoms with Crippen molar-refractivity contribution in [3.8, 4) is 22.8 Å². The van der Waals surface area contributed by atoms with E-state index in [4.69, 9.17) is 10.5 Å². The molecular weight excluding hydrogens is 672 g/mol. The van der Waals surface area contributed by atoms with Crippen molar-refractivity contribution in [3.63, 3.8) is 0 Å². The summed E-state index contributed by atoms with van der Waals surface area (Å²) in [4.78, 5) is 50.7. The number of carbonyl (C=O) groups is 4. The molecule has 282 valence electrons. The second-order valence-corrected chi connectivity index (χ2v) is 14.0.